The van der Waals surface area contributed by atoms with E-state index in [1.165, 1.54) is 12.1 Å². The third-order valence-electron chi connectivity index (χ3n) is 3.41. The number of rotatable bonds is 9. The van der Waals surface area contributed by atoms with Crippen LogP contribution in [0, 0.1) is 5.82 Å². The van der Waals surface area contributed by atoms with Crippen LogP contribution in [0.2, 0.25) is 5.02 Å². The summed E-state index contributed by atoms with van der Waals surface area (Å²) in [7, 11) is 0. The van der Waals surface area contributed by atoms with Gasteiger partial charge in [-0.2, -0.15) is 0 Å². The maximum Gasteiger partial charge on any atom is 0.124 e. The van der Waals surface area contributed by atoms with Gasteiger partial charge < -0.3 is 15.2 Å². The number of ether oxygens (including phenoxy) is 1. The highest BCUT2D eigenvalue weighted by Crippen LogP contribution is 2.24. The molecule has 23 heavy (non-hydrogen) atoms. The van der Waals surface area contributed by atoms with Crippen molar-refractivity contribution >= 4 is 11.6 Å². The van der Waals surface area contributed by atoms with Crippen molar-refractivity contribution in [1.82, 2.24) is 5.32 Å². The smallest absolute Gasteiger partial charge is 0.124 e. The van der Waals surface area contributed by atoms with E-state index >= 15 is 0 Å². The van der Waals surface area contributed by atoms with E-state index in [9.17, 15) is 4.39 Å². The van der Waals surface area contributed by atoms with Gasteiger partial charge in [0, 0.05) is 23.7 Å². The van der Waals surface area contributed by atoms with Crippen molar-refractivity contribution in [3.05, 3.63) is 64.4 Å². The number of benzene rings is 2. The van der Waals surface area contributed by atoms with Gasteiger partial charge in [-0.15, -0.1) is 0 Å². The first-order valence-corrected chi connectivity index (χ1v) is 8.04. The fourth-order valence-corrected chi connectivity index (χ4v) is 2.35. The largest absolute Gasteiger partial charge is 0.489 e. The molecule has 5 heteroatoms. The van der Waals surface area contributed by atoms with Crippen LogP contribution in [0.1, 0.15) is 24.0 Å². The SMILES string of the molecule is OCCCCNCc1cc(Cl)ccc1OCc1ccc(F)cc1. The molecule has 0 aliphatic carbocycles. The number of nitrogens with one attached hydrogen (secondary N) is 1. The molecule has 0 unspecified atom stereocenters. The minimum absolute atomic E-state index is 0.213. The quantitative estimate of drug-likeness (QED) is 0.681. The first kappa shape index (κ1) is 17.7. The summed E-state index contributed by atoms with van der Waals surface area (Å²) in [5, 5.41) is 12.7. The average molecular weight is 338 g/mol. The topological polar surface area (TPSA) is 41.5 Å². The predicted molar refractivity (Wildman–Crippen MR) is 90.2 cm³/mol. The van der Waals surface area contributed by atoms with Crippen molar-refractivity contribution in [2.24, 2.45) is 0 Å². The Hall–Kier alpha value is -1.62. The van der Waals surface area contributed by atoms with Crippen molar-refractivity contribution in [2.75, 3.05) is 13.2 Å². The van der Waals surface area contributed by atoms with Gasteiger partial charge in [0.15, 0.2) is 0 Å². The molecule has 0 fully saturated rings. The number of aliphatic hydroxyl groups excluding tert-OH is 1. The standard InChI is InChI=1S/C18H21ClFNO2/c19-16-5-8-18(15(11-16)12-21-9-1-2-10-22)23-13-14-3-6-17(20)7-4-14/h3-8,11,21-22H,1-2,9-10,12-13H2. The first-order chi connectivity index (χ1) is 11.2. The molecular formula is C18H21ClFNO2. The Morgan fingerprint density at radius 1 is 1.09 bits per heavy atom. The van der Waals surface area contributed by atoms with E-state index in [-0.39, 0.29) is 12.4 Å². The van der Waals surface area contributed by atoms with Crippen molar-refractivity contribution < 1.29 is 14.2 Å². The molecule has 0 aliphatic heterocycles. The lowest BCUT2D eigenvalue weighted by molar-refractivity contribution is 0.283. The highest BCUT2D eigenvalue weighted by molar-refractivity contribution is 6.30. The predicted octanol–water partition coefficient (Wildman–Crippen LogP) is 3.92. The summed E-state index contributed by atoms with van der Waals surface area (Å²) in [6.45, 7) is 2.06. The molecule has 0 aromatic heterocycles. The molecule has 0 saturated heterocycles. The number of hydrogen-bond donors (Lipinski definition) is 2. The fraction of sp³-hybridized carbons (Fsp3) is 0.333. The van der Waals surface area contributed by atoms with Crippen molar-refractivity contribution in [3.63, 3.8) is 0 Å². The molecule has 2 rings (SSSR count). The molecule has 0 spiro atoms. The second-order valence-corrected chi connectivity index (χ2v) is 5.71. The highest BCUT2D eigenvalue weighted by atomic mass is 35.5. The summed E-state index contributed by atoms with van der Waals surface area (Å²) in [4.78, 5) is 0. The lowest BCUT2D eigenvalue weighted by Gasteiger charge is -2.13. The summed E-state index contributed by atoms with van der Waals surface area (Å²) in [6, 6.07) is 11.8. The van der Waals surface area contributed by atoms with E-state index in [4.69, 9.17) is 21.4 Å². The number of unbranched alkanes of at least 4 members (excludes halogenated alkanes) is 1. The zero-order valence-electron chi connectivity index (χ0n) is 12.9. The molecule has 2 aromatic rings. The molecule has 0 radical (unpaired) electrons. The lowest BCUT2D eigenvalue weighted by Crippen LogP contribution is -2.15. The van der Waals surface area contributed by atoms with Crippen LogP contribution < -0.4 is 10.1 Å². The third kappa shape index (κ3) is 6.18. The summed E-state index contributed by atoms with van der Waals surface area (Å²) in [5.41, 5.74) is 1.88. The minimum atomic E-state index is -0.256. The van der Waals surface area contributed by atoms with Gasteiger partial charge in [-0.1, -0.05) is 23.7 Å². The van der Waals surface area contributed by atoms with Gasteiger partial charge in [-0.05, 0) is 55.3 Å². The van der Waals surface area contributed by atoms with Crippen LogP contribution in [0.5, 0.6) is 5.75 Å². The zero-order chi connectivity index (χ0) is 16.5. The molecule has 0 bridgehead atoms. The average Bonchev–Trinajstić information content (AvgIpc) is 2.55. The van der Waals surface area contributed by atoms with Crippen LogP contribution >= 0.6 is 11.6 Å². The second-order valence-electron chi connectivity index (χ2n) is 5.27. The molecule has 0 heterocycles. The number of hydrogen-bond acceptors (Lipinski definition) is 3. The molecule has 0 atom stereocenters. The van der Waals surface area contributed by atoms with E-state index in [1.807, 2.05) is 12.1 Å². The monoisotopic (exact) mass is 337 g/mol. The van der Waals surface area contributed by atoms with E-state index in [1.54, 1.807) is 18.2 Å². The normalized spacial score (nSPS) is 10.7. The second kappa shape index (κ2) is 9.50. The summed E-state index contributed by atoms with van der Waals surface area (Å²) in [6.07, 6.45) is 1.71. The summed E-state index contributed by atoms with van der Waals surface area (Å²) in [5.74, 6) is 0.501. The fourth-order valence-electron chi connectivity index (χ4n) is 2.15. The summed E-state index contributed by atoms with van der Waals surface area (Å²) < 4.78 is 18.7. The summed E-state index contributed by atoms with van der Waals surface area (Å²) >= 11 is 6.06. The third-order valence-corrected chi connectivity index (χ3v) is 3.64. The molecule has 3 nitrogen and oxygen atoms in total. The van der Waals surface area contributed by atoms with Gasteiger partial charge in [0.2, 0.25) is 0 Å². The first-order valence-electron chi connectivity index (χ1n) is 7.66. The van der Waals surface area contributed by atoms with Crippen LogP contribution in [0.3, 0.4) is 0 Å². The van der Waals surface area contributed by atoms with Gasteiger partial charge >= 0.3 is 0 Å². The molecule has 0 amide bonds. The lowest BCUT2D eigenvalue weighted by atomic mass is 10.2. The van der Waals surface area contributed by atoms with E-state index in [2.05, 4.69) is 5.32 Å². The van der Waals surface area contributed by atoms with Crippen molar-refractivity contribution in [2.45, 2.75) is 26.0 Å². The van der Waals surface area contributed by atoms with Gasteiger partial charge in [0.05, 0.1) is 0 Å². The minimum Gasteiger partial charge on any atom is -0.489 e. The maximum absolute atomic E-state index is 12.9. The van der Waals surface area contributed by atoms with E-state index < -0.39 is 0 Å². The Balaban J connectivity index is 1.93. The highest BCUT2D eigenvalue weighted by Gasteiger charge is 2.05. The van der Waals surface area contributed by atoms with E-state index in [0.717, 1.165) is 36.3 Å². The van der Waals surface area contributed by atoms with Crippen LogP contribution in [0.4, 0.5) is 4.39 Å². The van der Waals surface area contributed by atoms with Gasteiger partial charge in [-0.3, -0.25) is 0 Å². The van der Waals surface area contributed by atoms with Crippen molar-refractivity contribution in [3.8, 4) is 5.75 Å². The Bertz CT molecular complexity index is 604. The van der Waals surface area contributed by atoms with Crippen LogP contribution in [-0.4, -0.2) is 18.3 Å². The Morgan fingerprint density at radius 3 is 2.61 bits per heavy atom. The van der Waals surface area contributed by atoms with Gasteiger partial charge in [0.25, 0.3) is 0 Å². The Morgan fingerprint density at radius 2 is 1.87 bits per heavy atom. The molecular weight excluding hydrogens is 317 g/mol. The molecule has 0 aliphatic rings. The zero-order valence-corrected chi connectivity index (χ0v) is 13.7. The molecule has 124 valence electrons. The van der Waals surface area contributed by atoms with Crippen LogP contribution in [0.15, 0.2) is 42.5 Å². The molecule has 0 saturated carbocycles. The Labute approximate surface area is 141 Å². The van der Waals surface area contributed by atoms with E-state index in [0.29, 0.717) is 18.2 Å². The van der Waals surface area contributed by atoms with Gasteiger partial charge in [-0.25, -0.2) is 4.39 Å². The number of halogens is 2. The van der Waals surface area contributed by atoms with Crippen LogP contribution in [-0.2, 0) is 13.2 Å². The molecule has 2 aromatic carbocycles. The van der Waals surface area contributed by atoms with Gasteiger partial charge in [0.1, 0.15) is 18.2 Å². The number of aliphatic hydroxyl groups is 1. The Kier molecular flexibility index (Phi) is 7.33. The van der Waals surface area contributed by atoms with Crippen LogP contribution in [0.25, 0.3) is 0 Å². The van der Waals surface area contributed by atoms with Crippen molar-refractivity contribution in [1.29, 1.82) is 0 Å². The maximum atomic E-state index is 12.9. The molecule has 2 N–H and O–H groups in total.